The van der Waals surface area contributed by atoms with Gasteiger partial charge in [0.1, 0.15) is 0 Å². The minimum Gasteiger partial charge on any atom is -0.326 e. The highest BCUT2D eigenvalue weighted by Gasteiger charge is 2.24. The largest absolute Gasteiger partial charge is 0.326 e. The predicted octanol–water partition coefficient (Wildman–Crippen LogP) is 1.19. The third-order valence-corrected chi connectivity index (χ3v) is 3.73. The minimum atomic E-state index is 0.0649. The zero-order chi connectivity index (χ0) is 14.7. The van der Waals surface area contributed by atoms with Crippen molar-refractivity contribution in [2.45, 2.75) is 25.8 Å². The number of aromatic amines is 1. The number of rotatable bonds is 3. The van der Waals surface area contributed by atoms with Gasteiger partial charge in [0.05, 0.1) is 0 Å². The van der Waals surface area contributed by atoms with E-state index in [2.05, 4.69) is 38.2 Å². The molecule has 7 heteroatoms. The van der Waals surface area contributed by atoms with Gasteiger partial charge in [0.25, 0.3) is 0 Å². The normalized spacial score (nSPS) is 22.0. The van der Waals surface area contributed by atoms with Gasteiger partial charge in [-0.15, -0.1) is 10.2 Å². The smallest absolute Gasteiger partial charge is 0.227 e. The van der Waals surface area contributed by atoms with E-state index in [-0.39, 0.29) is 11.8 Å². The summed E-state index contributed by atoms with van der Waals surface area (Å²) in [6.45, 7) is 3.00. The second-order valence-corrected chi connectivity index (χ2v) is 5.38. The Bertz CT molecular complexity index is 612. The van der Waals surface area contributed by atoms with Crippen LogP contribution in [-0.4, -0.2) is 39.1 Å². The van der Waals surface area contributed by atoms with Crippen LogP contribution in [0.1, 0.15) is 19.8 Å². The minimum absolute atomic E-state index is 0.0649. The summed E-state index contributed by atoms with van der Waals surface area (Å²) in [5.74, 6) is 0.658. The molecule has 1 aliphatic rings. The Morgan fingerprint density at radius 3 is 3.10 bits per heavy atom. The first-order valence-electron chi connectivity index (χ1n) is 7.10. The Morgan fingerprint density at radius 1 is 1.43 bits per heavy atom. The van der Waals surface area contributed by atoms with E-state index in [4.69, 9.17) is 0 Å². The van der Waals surface area contributed by atoms with Gasteiger partial charge < -0.3 is 10.6 Å². The van der Waals surface area contributed by atoms with Gasteiger partial charge >= 0.3 is 0 Å². The summed E-state index contributed by atoms with van der Waals surface area (Å²) in [4.78, 5) is 12.3. The number of nitrogens with zero attached hydrogens (tertiary/aromatic N) is 3. The van der Waals surface area contributed by atoms with Crippen molar-refractivity contribution in [1.29, 1.82) is 0 Å². The van der Waals surface area contributed by atoms with Crippen molar-refractivity contribution >= 4 is 11.6 Å². The molecule has 1 saturated heterocycles. The van der Waals surface area contributed by atoms with Gasteiger partial charge in [0, 0.05) is 23.2 Å². The Balaban J connectivity index is 1.70. The predicted molar refractivity (Wildman–Crippen MR) is 78.4 cm³/mol. The lowest BCUT2D eigenvalue weighted by Gasteiger charge is -2.27. The molecule has 1 aliphatic heterocycles. The van der Waals surface area contributed by atoms with E-state index >= 15 is 0 Å². The first-order valence-corrected chi connectivity index (χ1v) is 7.10. The van der Waals surface area contributed by atoms with Gasteiger partial charge in [-0.2, -0.15) is 5.21 Å². The molecule has 1 fully saturated rings. The van der Waals surface area contributed by atoms with Gasteiger partial charge in [0.15, 0.2) is 0 Å². The molecule has 2 atom stereocenters. The van der Waals surface area contributed by atoms with E-state index in [0.717, 1.165) is 30.6 Å². The van der Waals surface area contributed by atoms with Crippen LogP contribution in [0, 0.1) is 5.92 Å². The van der Waals surface area contributed by atoms with Crippen molar-refractivity contribution in [1.82, 2.24) is 25.9 Å². The fraction of sp³-hybridized carbons (Fsp3) is 0.429. The highest BCUT2D eigenvalue weighted by molar-refractivity contribution is 5.93. The van der Waals surface area contributed by atoms with E-state index in [1.165, 1.54) is 0 Å². The molecule has 3 N–H and O–H groups in total. The molecule has 0 saturated carbocycles. The van der Waals surface area contributed by atoms with E-state index in [1.54, 1.807) is 0 Å². The molecule has 1 amide bonds. The second-order valence-electron chi connectivity index (χ2n) is 5.38. The molecule has 110 valence electrons. The molecule has 1 aromatic carbocycles. The van der Waals surface area contributed by atoms with Crippen LogP contribution in [0.25, 0.3) is 11.4 Å². The van der Waals surface area contributed by atoms with E-state index in [0.29, 0.717) is 11.9 Å². The molecule has 0 radical (unpaired) electrons. The molecule has 21 heavy (non-hydrogen) atoms. The maximum absolute atomic E-state index is 12.3. The van der Waals surface area contributed by atoms with Crippen LogP contribution in [0.3, 0.4) is 0 Å². The monoisotopic (exact) mass is 286 g/mol. The number of anilines is 1. The molecule has 0 spiro atoms. The molecule has 2 heterocycles. The van der Waals surface area contributed by atoms with Crippen LogP contribution >= 0.6 is 0 Å². The Labute approximate surface area is 122 Å². The number of benzene rings is 1. The molecular weight excluding hydrogens is 268 g/mol. The lowest BCUT2D eigenvalue weighted by atomic mass is 9.92. The highest BCUT2D eigenvalue weighted by Crippen LogP contribution is 2.21. The van der Waals surface area contributed by atoms with E-state index < -0.39 is 0 Å². The Hall–Kier alpha value is -2.28. The highest BCUT2D eigenvalue weighted by atomic mass is 16.1. The maximum Gasteiger partial charge on any atom is 0.227 e. The van der Waals surface area contributed by atoms with Gasteiger partial charge in [-0.1, -0.05) is 12.1 Å². The van der Waals surface area contributed by atoms with E-state index in [9.17, 15) is 4.79 Å². The fourth-order valence-corrected chi connectivity index (χ4v) is 2.63. The van der Waals surface area contributed by atoms with Crippen LogP contribution in [0.5, 0.6) is 0 Å². The summed E-state index contributed by atoms with van der Waals surface area (Å²) >= 11 is 0. The summed E-state index contributed by atoms with van der Waals surface area (Å²) in [5, 5.41) is 20.2. The van der Waals surface area contributed by atoms with Crippen LogP contribution < -0.4 is 10.6 Å². The summed E-state index contributed by atoms with van der Waals surface area (Å²) in [5.41, 5.74) is 1.58. The average molecular weight is 286 g/mol. The lowest BCUT2D eigenvalue weighted by Crippen LogP contribution is -2.40. The van der Waals surface area contributed by atoms with E-state index in [1.807, 2.05) is 24.3 Å². The molecular formula is C14H18N6O. The number of tetrazole rings is 1. The van der Waals surface area contributed by atoms with Crippen LogP contribution in [0.4, 0.5) is 5.69 Å². The van der Waals surface area contributed by atoms with Gasteiger partial charge in [-0.3, -0.25) is 4.79 Å². The molecule has 1 aromatic heterocycles. The summed E-state index contributed by atoms with van der Waals surface area (Å²) in [6.07, 6.45) is 1.75. The SMILES string of the molecule is CC1CC(C(=O)Nc2cccc(-c3nn[nH]n3)c2)CCN1. The Kier molecular flexibility index (Phi) is 3.92. The second kappa shape index (κ2) is 6.01. The topological polar surface area (TPSA) is 95.6 Å². The summed E-state index contributed by atoms with van der Waals surface area (Å²) in [7, 11) is 0. The Morgan fingerprint density at radius 2 is 2.33 bits per heavy atom. The van der Waals surface area contributed by atoms with Crippen molar-refractivity contribution in [2.75, 3.05) is 11.9 Å². The van der Waals surface area contributed by atoms with Gasteiger partial charge in [0.2, 0.25) is 11.7 Å². The number of carbonyl (C=O) groups is 1. The van der Waals surface area contributed by atoms with Crippen molar-refractivity contribution in [2.24, 2.45) is 5.92 Å². The molecule has 3 rings (SSSR count). The van der Waals surface area contributed by atoms with Crippen LogP contribution in [0.15, 0.2) is 24.3 Å². The first-order chi connectivity index (χ1) is 10.2. The van der Waals surface area contributed by atoms with Crippen molar-refractivity contribution in [3.63, 3.8) is 0 Å². The number of aromatic nitrogens is 4. The number of nitrogens with one attached hydrogen (secondary N) is 3. The molecule has 2 aromatic rings. The van der Waals surface area contributed by atoms with Gasteiger partial charge in [-0.25, -0.2) is 0 Å². The van der Waals surface area contributed by atoms with Crippen molar-refractivity contribution in [3.05, 3.63) is 24.3 Å². The number of hydrogen-bond donors (Lipinski definition) is 3. The number of piperidine rings is 1. The summed E-state index contributed by atoms with van der Waals surface area (Å²) in [6, 6.07) is 7.86. The van der Waals surface area contributed by atoms with Crippen LogP contribution in [-0.2, 0) is 4.79 Å². The number of amides is 1. The number of H-pyrrole nitrogens is 1. The van der Waals surface area contributed by atoms with Crippen LogP contribution in [0.2, 0.25) is 0 Å². The third kappa shape index (κ3) is 3.25. The zero-order valence-electron chi connectivity index (χ0n) is 11.8. The summed E-state index contributed by atoms with van der Waals surface area (Å²) < 4.78 is 0. The number of hydrogen-bond acceptors (Lipinski definition) is 5. The standard InChI is InChI=1S/C14H18N6O/c1-9-7-11(5-6-15-9)14(21)16-12-4-2-3-10(8-12)13-17-19-20-18-13/h2-4,8-9,11,15H,5-7H2,1H3,(H,16,21)(H,17,18,19,20). The van der Waals surface area contributed by atoms with Crippen molar-refractivity contribution in [3.8, 4) is 11.4 Å². The zero-order valence-corrected chi connectivity index (χ0v) is 11.8. The molecule has 0 bridgehead atoms. The lowest BCUT2D eigenvalue weighted by molar-refractivity contribution is -0.120. The molecule has 7 nitrogen and oxygen atoms in total. The average Bonchev–Trinajstić information content (AvgIpc) is 3.02. The maximum atomic E-state index is 12.3. The fourth-order valence-electron chi connectivity index (χ4n) is 2.63. The first kappa shape index (κ1) is 13.7. The van der Waals surface area contributed by atoms with Crippen molar-refractivity contribution < 1.29 is 4.79 Å². The quantitative estimate of drug-likeness (QED) is 0.788. The molecule has 2 unspecified atom stereocenters. The third-order valence-electron chi connectivity index (χ3n) is 3.73. The molecule has 0 aliphatic carbocycles. The van der Waals surface area contributed by atoms with Gasteiger partial charge in [-0.05, 0) is 43.7 Å². The number of carbonyl (C=O) groups excluding carboxylic acids is 1.